The van der Waals surface area contributed by atoms with Gasteiger partial charge in [0, 0.05) is 6.04 Å². The van der Waals surface area contributed by atoms with Crippen LogP contribution in [0.3, 0.4) is 0 Å². The average Bonchev–Trinajstić information content (AvgIpc) is 2.61. The van der Waals surface area contributed by atoms with Crippen LogP contribution in [0.2, 0.25) is 0 Å². The molecule has 0 N–H and O–H groups in total. The molecule has 2 aliphatic carbocycles. The first kappa shape index (κ1) is 18.3. The topological polar surface area (TPSA) is 21.6 Å². The van der Waals surface area contributed by atoms with Gasteiger partial charge in [-0.25, -0.2) is 0 Å². The van der Waals surface area contributed by atoms with E-state index in [-0.39, 0.29) is 5.75 Å². The average molecular weight is 353 g/mol. The molecular weight excluding hydrogens is 327 g/mol. The van der Waals surface area contributed by atoms with E-state index in [1.165, 1.54) is 50.7 Å². The number of rotatable bonds is 4. The second kappa shape index (κ2) is 7.79. The van der Waals surface area contributed by atoms with Crippen molar-refractivity contribution >= 4 is 6.72 Å². The highest BCUT2D eigenvalue weighted by molar-refractivity contribution is 5.30. The molecule has 0 radical (unpaired) electrons. The van der Waals surface area contributed by atoms with E-state index in [9.17, 15) is 13.2 Å². The highest BCUT2D eigenvalue weighted by Gasteiger charge is 2.32. The van der Waals surface area contributed by atoms with Crippen LogP contribution < -0.4 is 4.74 Å². The van der Waals surface area contributed by atoms with Gasteiger partial charge in [0.2, 0.25) is 0 Å². The zero-order valence-corrected chi connectivity index (χ0v) is 14.5. The van der Waals surface area contributed by atoms with Gasteiger partial charge in [-0.3, -0.25) is 4.99 Å². The highest BCUT2D eigenvalue weighted by atomic mass is 19.4. The lowest BCUT2D eigenvalue weighted by Gasteiger charge is -2.37. The van der Waals surface area contributed by atoms with Crippen LogP contribution in [0.1, 0.15) is 62.8 Å². The number of nitrogens with zero attached hydrogens (tertiary/aromatic N) is 1. The molecule has 5 heteroatoms. The minimum Gasteiger partial charge on any atom is -0.406 e. The quantitative estimate of drug-likeness (QED) is 0.598. The van der Waals surface area contributed by atoms with Crippen LogP contribution in [-0.4, -0.2) is 19.1 Å². The molecule has 0 aliphatic heterocycles. The first-order valence-electron chi connectivity index (χ1n) is 9.26. The van der Waals surface area contributed by atoms with Gasteiger partial charge >= 0.3 is 6.36 Å². The molecule has 2 saturated carbocycles. The van der Waals surface area contributed by atoms with Crippen molar-refractivity contribution in [3.63, 3.8) is 0 Å². The Balaban J connectivity index is 1.50. The molecule has 138 valence electrons. The van der Waals surface area contributed by atoms with Crippen molar-refractivity contribution in [2.24, 2.45) is 16.8 Å². The van der Waals surface area contributed by atoms with Crippen molar-refractivity contribution in [1.29, 1.82) is 0 Å². The fourth-order valence-corrected chi connectivity index (χ4v) is 4.62. The summed E-state index contributed by atoms with van der Waals surface area (Å²) >= 11 is 0. The van der Waals surface area contributed by atoms with Gasteiger partial charge in [-0.15, -0.1) is 13.2 Å². The molecule has 1 aromatic rings. The van der Waals surface area contributed by atoms with Crippen LogP contribution in [0.5, 0.6) is 5.75 Å². The van der Waals surface area contributed by atoms with Gasteiger partial charge in [0.15, 0.2) is 0 Å². The second-order valence-corrected chi connectivity index (χ2v) is 7.48. The number of hydrogen-bond acceptors (Lipinski definition) is 2. The number of halogens is 3. The van der Waals surface area contributed by atoms with E-state index in [4.69, 9.17) is 0 Å². The van der Waals surface area contributed by atoms with Crippen molar-refractivity contribution in [3.05, 3.63) is 29.8 Å². The molecule has 0 heterocycles. The Bertz CT molecular complexity index is 553. The third-order valence-electron chi connectivity index (χ3n) is 6.02. The third-order valence-corrected chi connectivity index (χ3v) is 6.02. The molecular formula is C20H26F3NO. The zero-order valence-electron chi connectivity index (χ0n) is 14.5. The Morgan fingerprint density at radius 2 is 1.36 bits per heavy atom. The summed E-state index contributed by atoms with van der Waals surface area (Å²) in [6.07, 6.45) is 4.96. The summed E-state index contributed by atoms with van der Waals surface area (Å²) in [7, 11) is 0. The van der Waals surface area contributed by atoms with Crippen molar-refractivity contribution in [2.45, 2.75) is 69.7 Å². The van der Waals surface area contributed by atoms with Crippen LogP contribution >= 0.6 is 0 Å². The molecule has 2 aliphatic rings. The number of benzene rings is 1. The minimum atomic E-state index is -4.63. The van der Waals surface area contributed by atoms with Crippen LogP contribution in [0.15, 0.2) is 29.3 Å². The third kappa shape index (κ3) is 4.99. The predicted octanol–water partition coefficient (Wildman–Crippen LogP) is 6.12. The van der Waals surface area contributed by atoms with E-state index in [0.29, 0.717) is 12.0 Å². The van der Waals surface area contributed by atoms with Gasteiger partial charge in [0.1, 0.15) is 5.75 Å². The largest absolute Gasteiger partial charge is 0.573 e. The lowest BCUT2D eigenvalue weighted by Crippen LogP contribution is -2.26. The molecule has 1 aromatic carbocycles. The van der Waals surface area contributed by atoms with Crippen molar-refractivity contribution in [1.82, 2.24) is 0 Å². The van der Waals surface area contributed by atoms with E-state index >= 15 is 0 Å². The number of hydrogen-bond donors (Lipinski definition) is 0. The van der Waals surface area contributed by atoms with Gasteiger partial charge in [-0.1, -0.05) is 12.1 Å². The fraction of sp³-hybridized carbons (Fsp3) is 0.650. The number of alkyl halides is 3. The first-order valence-corrected chi connectivity index (χ1v) is 9.26. The van der Waals surface area contributed by atoms with E-state index in [1.807, 2.05) is 0 Å². The summed E-state index contributed by atoms with van der Waals surface area (Å²) in [5.41, 5.74) is 1.13. The lowest BCUT2D eigenvalue weighted by molar-refractivity contribution is -0.274. The van der Waals surface area contributed by atoms with Gasteiger partial charge in [0.25, 0.3) is 0 Å². The molecule has 2 nitrogen and oxygen atoms in total. The van der Waals surface area contributed by atoms with Crippen molar-refractivity contribution in [3.8, 4) is 5.75 Å². The second-order valence-electron chi connectivity index (χ2n) is 7.48. The predicted molar refractivity (Wildman–Crippen MR) is 93.1 cm³/mol. The summed E-state index contributed by atoms with van der Waals surface area (Å²) in [4.78, 5) is 4.18. The minimum absolute atomic E-state index is 0.141. The van der Waals surface area contributed by atoms with E-state index in [1.54, 1.807) is 12.1 Å². The SMILES string of the molecule is C=NC1CCC(C2CCC(c3ccc(OC(F)(F)F)cc3)CC2)CC1. The molecule has 0 amide bonds. The summed E-state index contributed by atoms with van der Waals surface area (Å²) < 4.78 is 40.6. The zero-order chi connectivity index (χ0) is 17.9. The first-order chi connectivity index (χ1) is 11.9. The standard InChI is InChI=1S/C20H26F3NO/c1-24-18-10-6-16(7-11-18)14-2-4-15(5-3-14)17-8-12-19(13-9-17)25-20(21,22)23/h8-9,12-16,18H,1-7,10-11H2. The highest BCUT2D eigenvalue weighted by Crippen LogP contribution is 2.43. The molecule has 0 saturated heterocycles. The Kier molecular flexibility index (Phi) is 5.70. The maximum Gasteiger partial charge on any atom is 0.573 e. The van der Waals surface area contributed by atoms with Gasteiger partial charge in [-0.2, -0.15) is 0 Å². The van der Waals surface area contributed by atoms with Crippen molar-refractivity contribution < 1.29 is 17.9 Å². The molecule has 25 heavy (non-hydrogen) atoms. The maximum atomic E-state index is 12.2. The Morgan fingerprint density at radius 3 is 1.84 bits per heavy atom. The fourth-order valence-electron chi connectivity index (χ4n) is 4.62. The van der Waals surface area contributed by atoms with Gasteiger partial charge in [0.05, 0.1) is 0 Å². The van der Waals surface area contributed by atoms with Gasteiger partial charge in [-0.05, 0) is 93.5 Å². The summed E-state index contributed by atoms with van der Waals surface area (Å²) in [6.45, 7) is 3.67. The Morgan fingerprint density at radius 1 is 0.840 bits per heavy atom. The molecule has 3 rings (SSSR count). The van der Waals surface area contributed by atoms with Gasteiger partial charge < -0.3 is 4.74 Å². The summed E-state index contributed by atoms with van der Waals surface area (Å²) in [5.74, 6) is 1.94. The lowest BCUT2D eigenvalue weighted by atomic mass is 9.69. The van der Waals surface area contributed by atoms with Crippen LogP contribution in [0.25, 0.3) is 0 Å². The van der Waals surface area contributed by atoms with Crippen LogP contribution in [0.4, 0.5) is 13.2 Å². The maximum absolute atomic E-state index is 12.2. The van der Waals surface area contributed by atoms with E-state index in [2.05, 4.69) is 16.4 Å². The number of ether oxygens (including phenoxy) is 1. The van der Waals surface area contributed by atoms with E-state index < -0.39 is 6.36 Å². The molecule has 0 atom stereocenters. The van der Waals surface area contributed by atoms with E-state index in [0.717, 1.165) is 30.2 Å². The normalized spacial score (nSPS) is 30.7. The monoisotopic (exact) mass is 353 g/mol. The molecule has 0 bridgehead atoms. The number of aliphatic imine (C=N–C) groups is 1. The molecule has 0 aromatic heterocycles. The smallest absolute Gasteiger partial charge is 0.406 e. The molecule has 0 spiro atoms. The Hall–Kier alpha value is -1.52. The Labute approximate surface area is 147 Å². The van der Waals surface area contributed by atoms with Crippen molar-refractivity contribution in [2.75, 3.05) is 0 Å². The molecule has 2 fully saturated rings. The van der Waals surface area contributed by atoms with Crippen LogP contribution in [-0.2, 0) is 0 Å². The molecule has 0 unspecified atom stereocenters. The van der Waals surface area contributed by atoms with Crippen LogP contribution in [0, 0.1) is 11.8 Å². The summed E-state index contributed by atoms with van der Waals surface area (Å²) in [6, 6.07) is 6.89. The summed E-state index contributed by atoms with van der Waals surface area (Å²) in [5, 5.41) is 0.